The van der Waals surface area contributed by atoms with Crippen molar-refractivity contribution >= 4 is 8.07 Å². The van der Waals surface area contributed by atoms with Crippen molar-refractivity contribution in [1.82, 2.24) is 0 Å². The Bertz CT molecular complexity index is 226. The molecule has 0 radical (unpaired) electrons. The van der Waals surface area contributed by atoms with E-state index in [1.165, 1.54) is 6.42 Å². The lowest BCUT2D eigenvalue weighted by molar-refractivity contribution is 0.789. The summed E-state index contributed by atoms with van der Waals surface area (Å²) in [5.41, 5.74) is 1.62. The summed E-state index contributed by atoms with van der Waals surface area (Å²) in [6.07, 6.45) is 5.88. The summed E-state index contributed by atoms with van der Waals surface area (Å²) in [6.45, 7) is 11.9. The van der Waals surface area contributed by atoms with E-state index in [-0.39, 0.29) is 0 Å². The number of hydrogen-bond donors (Lipinski definition) is 0. The first-order valence-corrected chi connectivity index (χ1v) is 8.33. The summed E-state index contributed by atoms with van der Waals surface area (Å²) in [5.74, 6) is 0.713. The van der Waals surface area contributed by atoms with Gasteiger partial charge in [-0.3, -0.25) is 0 Å². The van der Waals surface area contributed by atoms with E-state index >= 15 is 0 Å². The third-order valence-electron chi connectivity index (χ3n) is 2.50. The largest absolute Gasteiger partial charge is 0.0806 e. The van der Waals surface area contributed by atoms with Crippen molar-refractivity contribution in [3.05, 3.63) is 22.9 Å². The van der Waals surface area contributed by atoms with Crippen molar-refractivity contribution in [2.24, 2.45) is 5.92 Å². The fourth-order valence-corrected chi connectivity index (χ4v) is 3.77. The molecule has 0 amide bonds. The van der Waals surface area contributed by atoms with Gasteiger partial charge in [0.25, 0.3) is 0 Å². The van der Waals surface area contributed by atoms with Crippen LogP contribution in [-0.4, -0.2) is 8.07 Å². The highest BCUT2D eigenvalue weighted by Gasteiger charge is 2.24. The lowest BCUT2D eigenvalue weighted by Gasteiger charge is -2.22. The second-order valence-corrected chi connectivity index (χ2v) is 10.0. The maximum Gasteiger partial charge on any atom is 0.0732 e. The average molecular weight is 180 g/mol. The van der Waals surface area contributed by atoms with Crippen molar-refractivity contribution in [3.8, 4) is 0 Å². The minimum Gasteiger partial charge on any atom is -0.0806 e. The molecule has 0 fully saturated rings. The van der Waals surface area contributed by atoms with E-state index in [4.69, 9.17) is 0 Å². The fraction of sp³-hybridized carbons (Fsp3) is 0.636. The van der Waals surface area contributed by atoms with Crippen LogP contribution in [0.3, 0.4) is 0 Å². The standard InChI is InChI=1S/C11H20Si/c1-9(2)10-7-6-8-11(10)12(3,4)5/h6-7,9H,8H2,1-5H3. The van der Waals surface area contributed by atoms with Crippen molar-refractivity contribution in [2.45, 2.75) is 39.9 Å². The second kappa shape index (κ2) is 3.21. The Balaban J connectivity index is 2.97. The van der Waals surface area contributed by atoms with Crippen LogP contribution in [0, 0.1) is 5.92 Å². The molecule has 0 aromatic heterocycles. The topological polar surface area (TPSA) is 0 Å². The zero-order chi connectivity index (χ0) is 9.35. The molecule has 68 valence electrons. The zero-order valence-corrected chi connectivity index (χ0v) is 9.94. The van der Waals surface area contributed by atoms with Crippen LogP contribution in [0.2, 0.25) is 19.6 Å². The highest BCUT2D eigenvalue weighted by atomic mass is 28.3. The van der Waals surface area contributed by atoms with Gasteiger partial charge in [0.1, 0.15) is 0 Å². The Labute approximate surface area is 77.4 Å². The molecule has 0 saturated heterocycles. The molecule has 0 aliphatic heterocycles. The van der Waals surface area contributed by atoms with Gasteiger partial charge in [-0.05, 0) is 12.3 Å². The molecule has 0 unspecified atom stereocenters. The smallest absolute Gasteiger partial charge is 0.0732 e. The van der Waals surface area contributed by atoms with Crippen LogP contribution in [0.4, 0.5) is 0 Å². The summed E-state index contributed by atoms with van der Waals surface area (Å²) in [7, 11) is -1.03. The first kappa shape index (κ1) is 9.78. The molecule has 0 atom stereocenters. The summed E-state index contributed by atoms with van der Waals surface area (Å²) in [4.78, 5) is 0. The molecular formula is C11H20Si. The van der Waals surface area contributed by atoms with E-state index < -0.39 is 8.07 Å². The third kappa shape index (κ3) is 1.89. The van der Waals surface area contributed by atoms with Crippen LogP contribution in [0.5, 0.6) is 0 Å². The maximum atomic E-state index is 2.44. The van der Waals surface area contributed by atoms with Crippen LogP contribution in [0.1, 0.15) is 20.3 Å². The Morgan fingerprint density at radius 3 is 2.17 bits per heavy atom. The van der Waals surface area contributed by atoms with Gasteiger partial charge in [0.05, 0.1) is 8.07 Å². The number of allylic oxidation sites excluding steroid dienone is 4. The van der Waals surface area contributed by atoms with Crippen LogP contribution in [-0.2, 0) is 0 Å². The Kier molecular flexibility index (Phi) is 2.62. The normalized spacial score (nSPS) is 18.2. The monoisotopic (exact) mass is 180 g/mol. The van der Waals surface area contributed by atoms with Gasteiger partial charge >= 0.3 is 0 Å². The molecule has 0 aromatic carbocycles. The molecule has 0 N–H and O–H groups in total. The Morgan fingerprint density at radius 2 is 1.83 bits per heavy atom. The molecule has 0 heterocycles. The van der Waals surface area contributed by atoms with Crippen LogP contribution in [0.25, 0.3) is 0 Å². The lowest BCUT2D eigenvalue weighted by Crippen LogP contribution is -2.24. The van der Waals surface area contributed by atoms with Crippen LogP contribution >= 0.6 is 0 Å². The third-order valence-corrected chi connectivity index (χ3v) is 4.80. The Morgan fingerprint density at radius 1 is 1.25 bits per heavy atom. The molecule has 12 heavy (non-hydrogen) atoms. The van der Waals surface area contributed by atoms with Crippen molar-refractivity contribution < 1.29 is 0 Å². The summed E-state index contributed by atoms with van der Waals surface area (Å²) in [6, 6.07) is 0. The minimum atomic E-state index is -1.03. The predicted octanol–water partition coefficient (Wildman–Crippen LogP) is 3.78. The van der Waals surface area contributed by atoms with E-state index in [9.17, 15) is 0 Å². The molecule has 0 saturated carbocycles. The molecule has 1 aliphatic rings. The predicted molar refractivity (Wildman–Crippen MR) is 59.0 cm³/mol. The highest BCUT2D eigenvalue weighted by Crippen LogP contribution is 2.31. The molecule has 0 bridgehead atoms. The van der Waals surface area contributed by atoms with E-state index in [2.05, 4.69) is 45.6 Å². The molecule has 0 spiro atoms. The van der Waals surface area contributed by atoms with Crippen molar-refractivity contribution in [3.63, 3.8) is 0 Å². The Hall–Kier alpha value is -0.303. The van der Waals surface area contributed by atoms with Crippen LogP contribution in [0.15, 0.2) is 22.9 Å². The molecular weight excluding hydrogens is 160 g/mol. The van der Waals surface area contributed by atoms with Crippen molar-refractivity contribution in [2.75, 3.05) is 0 Å². The molecule has 1 aliphatic carbocycles. The van der Waals surface area contributed by atoms with Gasteiger partial charge in [-0.15, -0.1) is 0 Å². The van der Waals surface area contributed by atoms with Gasteiger partial charge in [0.15, 0.2) is 0 Å². The van der Waals surface area contributed by atoms with Gasteiger partial charge < -0.3 is 0 Å². The SMILES string of the molecule is CC(C)C1=C([Si](C)(C)C)CC=C1. The van der Waals surface area contributed by atoms with Gasteiger partial charge in [0.2, 0.25) is 0 Å². The van der Waals surface area contributed by atoms with Gasteiger partial charge in [-0.1, -0.05) is 56.4 Å². The first-order chi connectivity index (χ1) is 5.43. The van der Waals surface area contributed by atoms with Gasteiger partial charge in [0, 0.05) is 0 Å². The van der Waals surface area contributed by atoms with E-state index in [0.29, 0.717) is 5.92 Å². The van der Waals surface area contributed by atoms with Gasteiger partial charge in [-0.25, -0.2) is 0 Å². The molecule has 0 nitrogen and oxygen atoms in total. The summed E-state index contributed by atoms with van der Waals surface area (Å²) in [5, 5.41) is 1.76. The lowest BCUT2D eigenvalue weighted by atomic mass is 10.1. The van der Waals surface area contributed by atoms with Crippen LogP contribution < -0.4 is 0 Å². The average Bonchev–Trinajstić information content (AvgIpc) is 2.30. The van der Waals surface area contributed by atoms with E-state index in [1.807, 2.05) is 0 Å². The molecule has 0 aromatic rings. The van der Waals surface area contributed by atoms with Crippen molar-refractivity contribution in [1.29, 1.82) is 0 Å². The number of rotatable bonds is 2. The quantitative estimate of drug-likeness (QED) is 0.567. The summed E-state index contributed by atoms with van der Waals surface area (Å²) >= 11 is 0. The zero-order valence-electron chi connectivity index (χ0n) is 8.94. The first-order valence-electron chi connectivity index (χ1n) is 4.83. The molecule has 1 heteroatoms. The number of hydrogen-bond acceptors (Lipinski definition) is 0. The molecule has 1 rings (SSSR count). The minimum absolute atomic E-state index is 0.713. The van der Waals surface area contributed by atoms with Gasteiger partial charge in [-0.2, -0.15) is 0 Å². The maximum absolute atomic E-state index is 2.44. The second-order valence-electron chi connectivity index (χ2n) is 4.95. The van der Waals surface area contributed by atoms with E-state index in [1.54, 1.807) is 10.8 Å². The summed E-state index contributed by atoms with van der Waals surface area (Å²) < 4.78 is 0. The fourth-order valence-electron chi connectivity index (χ4n) is 1.80. The highest BCUT2D eigenvalue weighted by molar-refractivity contribution is 6.83. The van der Waals surface area contributed by atoms with E-state index in [0.717, 1.165) is 0 Å².